The van der Waals surface area contributed by atoms with Crippen LogP contribution in [0.15, 0.2) is 65.9 Å². The highest BCUT2D eigenvalue weighted by Crippen LogP contribution is 2.23. The molecule has 2 aromatic carbocycles. The third-order valence-corrected chi connectivity index (χ3v) is 3.92. The number of carbonyl (C=O) groups is 1. The van der Waals surface area contributed by atoms with Crippen LogP contribution in [0.2, 0.25) is 5.02 Å². The van der Waals surface area contributed by atoms with Crippen molar-refractivity contribution < 1.29 is 4.79 Å². The minimum atomic E-state index is -0.270. The van der Waals surface area contributed by atoms with Crippen molar-refractivity contribution >= 4 is 34.6 Å². The topological polar surface area (TPSA) is 56.7 Å². The summed E-state index contributed by atoms with van der Waals surface area (Å²) < 4.78 is 0. The number of hydrazone groups is 1. The first-order valence-electron chi connectivity index (χ1n) is 7.02. The molecular formula is C17H15ClN4O. The zero-order chi connectivity index (χ0) is 16.4. The minimum absolute atomic E-state index is 0.230. The van der Waals surface area contributed by atoms with Gasteiger partial charge in [0.1, 0.15) is 0 Å². The highest BCUT2D eigenvalue weighted by atomic mass is 35.5. The molecular weight excluding hydrogens is 312 g/mol. The molecule has 1 fully saturated rings. The number of hydrazine groups is 1. The van der Waals surface area contributed by atoms with Crippen LogP contribution in [0, 0.1) is 6.92 Å². The zero-order valence-corrected chi connectivity index (χ0v) is 13.3. The van der Waals surface area contributed by atoms with Crippen LogP contribution in [0.3, 0.4) is 0 Å². The van der Waals surface area contributed by atoms with Crippen LogP contribution in [0.25, 0.3) is 0 Å². The van der Waals surface area contributed by atoms with Gasteiger partial charge in [-0.05, 0) is 36.8 Å². The van der Waals surface area contributed by atoms with Gasteiger partial charge in [0.25, 0.3) is 5.91 Å². The molecule has 6 heteroatoms. The maximum atomic E-state index is 12.5. The summed E-state index contributed by atoms with van der Waals surface area (Å²) >= 11 is 6.08. The van der Waals surface area contributed by atoms with Crippen molar-refractivity contribution in [1.82, 2.24) is 5.43 Å². The number of benzene rings is 2. The molecule has 1 saturated heterocycles. The second-order valence-corrected chi connectivity index (χ2v) is 5.46. The fraction of sp³-hybridized carbons (Fsp3) is 0.0588. The largest absolute Gasteiger partial charge is 0.299 e. The number of hydrogen-bond donors (Lipinski definition) is 2. The first-order valence-corrected chi connectivity index (χ1v) is 7.40. The first-order chi connectivity index (χ1) is 11.1. The van der Waals surface area contributed by atoms with E-state index in [2.05, 4.69) is 22.5 Å². The Labute approximate surface area is 139 Å². The summed E-state index contributed by atoms with van der Waals surface area (Å²) in [7, 11) is 0. The number of nitrogens with one attached hydrogen (secondary N) is 2. The Hall–Kier alpha value is -2.79. The lowest BCUT2D eigenvalue weighted by Crippen LogP contribution is -2.34. The normalized spacial score (nSPS) is 15.9. The van der Waals surface area contributed by atoms with Crippen molar-refractivity contribution in [1.29, 1.82) is 0 Å². The van der Waals surface area contributed by atoms with Crippen LogP contribution in [0.5, 0.6) is 0 Å². The molecule has 23 heavy (non-hydrogen) atoms. The smallest absolute Gasteiger partial charge is 0.289 e. The van der Waals surface area contributed by atoms with Gasteiger partial charge in [0.05, 0.1) is 17.1 Å². The van der Waals surface area contributed by atoms with Crippen LogP contribution in [-0.4, -0.2) is 11.6 Å². The highest BCUT2D eigenvalue weighted by molar-refractivity contribution is 6.51. The zero-order valence-electron chi connectivity index (χ0n) is 12.5. The Morgan fingerprint density at radius 1 is 1.17 bits per heavy atom. The van der Waals surface area contributed by atoms with Gasteiger partial charge in [-0.15, -0.1) is 0 Å². The van der Waals surface area contributed by atoms with Gasteiger partial charge in [-0.3, -0.25) is 15.6 Å². The summed E-state index contributed by atoms with van der Waals surface area (Å²) in [6.07, 6.45) is 0. The monoisotopic (exact) mass is 326 g/mol. The molecule has 1 aliphatic rings. The van der Waals surface area contributed by atoms with E-state index >= 15 is 0 Å². The van der Waals surface area contributed by atoms with Gasteiger partial charge in [0.2, 0.25) is 0 Å². The predicted molar refractivity (Wildman–Crippen MR) is 93.5 cm³/mol. The lowest BCUT2D eigenvalue weighted by molar-refractivity contribution is -0.112. The number of amides is 1. The molecule has 116 valence electrons. The number of hydrogen-bond acceptors (Lipinski definition) is 4. The van der Waals surface area contributed by atoms with Gasteiger partial charge < -0.3 is 0 Å². The van der Waals surface area contributed by atoms with Crippen LogP contribution in [0.4, 0.5) is 11.4 Å². The van der Waals surface area contributed by atoms with Gasteiger partial charge in [0, 0.05) is 5.02 Å². The Morgan fingerprint density at radius 3 is 2.65 bits per heavy atom. The summed E-state index contributed by atoms with van der Waals surface area (Å²) in [5.74, 6) is -0.270. The van der Waals surface area contributed by atoms with E-state index in [0.29, 0.717) is 10.7 Å². The van der Waals surface area contributed by atoms with Crippen molar-refractivity contribution in [3.05, 3.63) is 71.4 Å². The van der Waals surface area contributed by atoms with E-state index < -0.39 is 0 Å². The lowest BCUT2D eigenvalue weighted by atomic mass is 10.2. The third kappa shape index (κ3) is 2.91. The molecule has 1 heterocycles. The summed E-state index contributed by atoms with van der Waals surface area (Å²) in [6.45, 7) is 5.72. The number of rotatable bonds is 3. The molecule has 0 bridgehead atoms. The Bertz CT molecular complexity index is 801. The molecule has 0 saturated carbocycles. The number of carbonyl (C=O) groups excluding carboxylic acids is 1. The molecule has 3 rings (SSSR count). The van der Waals surface area contributed by atoms with E-state index in [-0.39, 0.29) is 11.6 Å². The SMILES string of the molecule is C=C1NN(c2ccccc2)C(=O)C1=NNc1cccc(Cl)c1C. The van der Waals surface area contributed by atoms with Crippen molar-refractivity contribution in [3.8, 4) is 0 Å². The van der Waals surface area contributed by atoms with Crippen molar-refractivity contribution in [2.24, 2.45) is 5.10 Å². The molecule has 5 nitrogen and oxygen atoms in total. The van der Waals surface area contributed by atoms with Crippen LogP contribution in [-0.2, 0) is 4.79 Å². The second kappa shape index (κ2) is 6.14. The number of halogens is 1. The number of nitrogens with zero attached hydrogens (tertiary/aromatic N) is 2. The Balaban J connectivity index is 1.84. The third-order valence-electron chi connectivity index (χ3n) is 3.51. The predicted octanol–water partition coefficient (Wildman–Crippen LogP) is 3.48. The fourth-order valence-electron chi connectivity index (χ4n) is 2.19. The maximum absolute atomic E-state index is 12.5. The van der Waals surface area contributed by atoms with Crippen LogP contribution >= 0.6 is 11.6 Å². The lowest BCUT2D eigenvalue weighted by Gasteiger charge is -2.14. The van der Waals surface area contributed by atoms with Crippen LogP contribution in [0.1, 0.15) is 5.56 Å². The average molecular weight is 327 g/mol. The average Bonchev–Trinajstić information content (AvgIpc) is 2.84. The van der Waals surface area contributed by atoms with Gasteiger partial charge in [-0.2, -0.15) is 5.10 Å². The van der Waals surface area contributed by atoms with Crippen molar-refractivity contribution in [3.63, 3.8) is 0 Å². The van der Waals surface area contributed by atoms with Crippen molar-refractivity contribution in [2.45, 2.75) is 6.92 Å². The molecule has 1 amide bonds. The Morgan fingerprint density at radius 2 is 1.91 bits per heavy atom. The van der Waals surface area contributed by atoms with E-state index in [1.807, 2.05) is 49.4 Å². The molecule has 0 atom stereocenters. The number of para-hydroxylation sites is 1. The standard InChI is InChI=1S/C17H15ClN4O/c1-11-14(18)9-6-10-15(11)19-20-16-12(2)21-22(17(16)23)13-7-4-3-5-8-13/h3-10,19,21H,2H2,1H3. The molecule has 0 aromatic heterocycles. The van der Waals surface area contributed by atoms with E-state index in [0.717, 1.165) is 16.9 Å². The van der Waals surface area contributed by atoms with Gasteiger partial charge in [-0.1, -0.05) is 42.4 Å². The van der Waals surface area contributed by atoms with E-state index in [4.69, 9.17) is 11.6 Å². The highest BCUT2D eigenvalue weighted by Gasteiger charge is 2.32. The quantitative estimate of drug-likeness (QED) is 0.849. The van der Waals surface area contributed by atoms with E-state index in [1.165, 1.54) is 5.01 Å². The molecule has 0 radical (unpaired) electrons. The van der Waals surface area contributed by atoms with Gasteiger partial charge in [-0.25, -0.2) is 5.01 Å². The van der Waals surface area contributed by atoms with Crippen molar-refractivity contribution in [2.75, 3.05) is 10.4 Å². The minimum Gasteiger partial charge on any atom is -0.289 e. The van der Waals surface area contributed by atoms with Gasteiger partial charge in [0.15, 0.2) is 5.71 Å². The summed E-state index contributed by atoms with van der Waals surface area (Å²) in [4.78, 5) is 12.5. The first kappa shape index (κ1) is 15.1. The molecule has 2 N–H and O–H groups in total. The molecule has 2 aromatic rings. The summed E-state index contributed by atoms with van der Waals surface area (Å²) in [6, 6.07) is 14.7. The number of anilines is 2. The fourth-order valence-corrected chi connectivity index (χ4v) is 2.37. The summed E-state index contributed by atoms with van der Waals surface area (Å²) in [5, 5.41) is 6.23. The van der Waals surface area contributed by atoms with Crippen LogP contribution < -0.4 is 15.9 Å². The Kier molecular flexibility index (Phi) is 4.04. The molecule has 0 unspecified atom stereocenters. The molecule has 0 aliphatic carbocycles. The maximum Gasteiger partial charge on any atom is 0.299 e. The molecule has 1 aliphatic heterocycles. The van der Waals surface area contributed by atoms with E-state index in [9.17, 15) is 4.79 Å². The van der Waals surface area contributed by atoms with Gasteiger partial charge >= 0.3 is 0 Å². The van der Waals surface area contributed by atoms with E-state index in [1.54, 1.807) is 6.07 Å². The second-order valence-electron chi connectivity index (χ2n) is 5.05. The molecule has 0 spiro atoms. The summed E-state index contributed by atoms with van der Waals surface area (Å²) in [5.41, 5.74) is 8.80.